The van der Waals surface area contributed by atoms with E-state index in [9.17, 15) is 4.79 Å². The molecule has 36 heavy (non-hydrogen) atoms. The first kappa shape index (κ1) is 24.8. The predicted octanol–water partition coefficient (Wildman–Crippen LogP) is 8.22. The average Bonchev–Trinajstić information content (AvgIpc) is 3.23. The van der Waals surface area contributed by atoms with E-state index in [1.807, 2.05) is 49.1 Å². The zero-order chi connectivity index (χ0) is 25.2. The Hall–Kier alpha value is -2.89. The summed E-state index contributed by atoms with van der Waals surface area (Å²) in [4.78, 5) is 21.3. The van der Waals surface area contributed by atoms with Crippen LogP contribution in [0.5, 0.6) is 5.75 Å². The lowest BCUT2D eigenvalue weighted by molar-refractivity contribution is 0.0618. The van der Waals surface area contributed by atoms with Crippen molar-refractivity contribution < 1.29 is 9.53 Å². The third kappa shape index (κ3) is 5.00. The number of aromatic nitrogens is 1. The van der Waals surface area contributed by atoms with Gasteiger partial charge in [-0.15, -0.1) is 11.3 Å². The normalized spacial score (nSPS) is 14.2. The minimum absolute atomic E-state index is 0.0103. The summed E-state index contributed by atoms with van der Waals surface area (Å²) in [6.07, 6.45) is 5.53. The monoisotopic (exact) mass is 518 g/mol. The molecule has 6 heteroatoms. The van der Waals surface area contributed by atoms with Crippen molar-refractivity contribution in [2.45, 2.75) is 58.5 Å². The quantitative estimate of drug-likeness (QED) is 0.258. The van der Waals surface area contributed by atoms with E-state index in [1.54, 1.807) is 7.11 Å². The smallest absolute Gasteiger partial charge is 0.266 e. The van der Waals surface area contributed by atoms with Gasteiger partial charge in [-0.2, -0.15) is 0 Å². The topological polar surface area (TPSA) is 42.4 Å². The van der Waals surface area contributed by atoms with Gasteiger partial charge in [0.05, 0.1) is 12.1 Å². The lowest BCUT2D eigenvalue weighted by atomic mass is 9.93. The second-order valence-electron chi connectivity index (χ2n) is 9.63. The van der Waals surface area contributed by atoms with Crippen LogP contribution in [0.4, 0.5) is 0 Å². The highest BCUT2D eigenvalue weighted by Crippen LogP contribution is 2.38. The first-order chi connectivity index (χ1) is 17.4. The second kappa shape index (κ2) is 10.6. The van der Waals surface area contributed by atoms with Gasteiger partial charge in [-0.25, -0.2) is 0 Å². The van der Waals surface area contributed by atoms with Crippen LogP contribution in [-0.2, 0) is 6.54 Å². The maximum absolute atomic E-state index is 14.1. The van der Waals surface area contributed by atoms with E-state index in [4.69, 9.17) is 16.3 Å². The van der Waals surface area contributed by atoms with Crippen molar-refractivity contribution >= 4 is 38.9 Å². The molecule has 186 valence electrons. The number of methoxy groups -OCH3 is 1. The Balaban J connectivity index is 1.55. The van der Waals surface area contributed by atoms with Crippen LogP contribution in [-0.4, -0.2) is 28.9 Å². The van der Waals surface area contributed by atoms with Gasteiger partial charge in [0.15, 0.2) is 0 Å². The van der Waals surface area contributed by atoms with Gasteiger partial charge in [-0.05, 0) is 68.1 Å². The number of rotatable bonds is 6. The van der Waals surface area contributed by atoms with E-state index in [-0.39, 0.29) is 11.9 Å². The largest absolute Gasteiger partial charge is 0.496 e. The molecule has 1 amide bonds. The van der Waals surface area contributed by atoms with Crippen LogP contribution in [0.3, 0.4) is 0 Å². The summed E-state index contributed by atoms with van der Waals surface area (Å²) in [7, 11) is 1.69. The van der Waals surface area contributed by atoms with E-state index < -0.39 is 0 Å². The summed E-state index contributed by atoms with van der Waals surface area (Å²) in [6.45, 7) is 4.51. The first-order valence-corrected chi connectivity index (χ1v) is 13.7. The molecule has 1 aliphatic rings. The van der Waals surface area contributed by atoms with Crippen molar-refractivity contribution in [3.05, 3.63) is 81.4 Å². The van der Waals surface area contributed by atoms with Crippen molar-refractivity contribution in [3.8, 4) is 16.9 Å². The molecule has 4 aromatic rings. The van der Waals surface area contributed by atoms with Gasteiger partial charge >= 0.3 is 0 Å². The Morgan fingerprint density at radius 2 is 1.75 bits per heavy atom. The van der Waals surface area contributed by atoms with Gasteiger partial charge in [-0.3, -0.25) is 9.78 Å². The third-order valence-corrected chi connectivity index (χ3v) is 8.70. The van der Waals surface area contributed by atoms with Crippen LogP contribution in [0.2, 0.25) is 5.02 Å². The van der Waals surface area contributed by atoms with E-state index in [1.165, 1.54) is 17.8 Å². The molecule has 0 radical (unpaired) electrons. The fraction of sp³-hybridized carbons (Fsp3) is 0.333. The number of thiophene rings is 1. The highest BCUT2D eigenvalue weighted by Gasteiger charge is 2.30. The van der Waals surface area contributed by atoms with E-state index in [2.05, 4.69) is 29.2 Å². The predicted molar refractivity (Wildman–Crippen MR) is 149 cm³/mol. The number of carbonyl (C=O) groups is 1. The molecule has 0 spiro atoms. The molecular formula is C30H31ClN2O2S. The number of hydrogen-bond acceptors (Lipinski definition) is 4. The molecule has 0 aliphatic heterocycles. The molecule has 2 heterocycles. The molecule has 0 N–H and O–H groups in total. The number of carbonyl (C=O) groups excluding carboxylic acids is 1. The highest BCUT2D eigenvalue weighted by molar-refractivity contribution is 7.21. The fourth-order valence-electron chi connectivity index (χ4n) is 5.31. The molecule has 2 aromatic carbocycles. The third-order valence-electron chi connectivity index (χ3n) is 7.04. The summed E-state index contributed by atoms with van der Waals surface area (Å²) in [5.74, 6) is 0.799. The van der Waals surface area contributed by atoms with E-state index in [0.29, 0.717) is 16.4 Å². The van der Waals surface area contributed by atoms with E-state index in [0.717, 1.165) is 69.6 Å². The number of halogens is 1. The second-order valence-corrected chi connectivity index (χ2v) is 11.1. The Labute approximate surface area is 221 Å². The van der Waals surface area contributed by atoms with Gasteiger partial charge in [0.2, 0.25) is 0 Å². The summed E-state index contributed by atoms with van der Waals surface area (Å²) >= 11 is 8.25. The average molecular weight is 519 g/mol. The Morgan fingerprint density at radius 1 is 1.03 bits per heavy atom. The summed E-state index contributed by atoms with van der Waals surface area (Å²) in [6, 6.07) is 18.6. The molecule has 0 bridgehead atoms. The van der Waals surface area contributed by atoms with Crippen molar-refractivity contribution in [3.63, 3.8) is 0 Å². The maximum atomic E-state index is 14.1. The molecule has 2 aromatic heterocycles. The highest BCUT2D eigenvalue weighted by atomic mass is 35.5. The van der Waals surface area contributed by atoms with Crippen molar-refractivity contribution in [1.82, 2.24) is 9.88 Å². The minimum Gasteiger partial charge on any atom is -0.496 e. The number of ether oxygens (including phenoxy) is 1. The summed E-state index contributed by atoms with van der Waals surface area (Å²) in [5.41, 5.74) is 5.18. The zero-order valence-corrected chi connectivity index (χ0v) is 22.6. The number of amides is 1. The van der Waals surface area contributed by atoms with Crippen LogP contribution in [0.1, 0.15) is 58.7 Å². The van der Waals surface area contributed by atoms with Gasteiger partial charge < -0.3 is 9.64 Å². The lowest BCUT2D eigenvalue weighted by Crippen LogP contribution is -2.40. The molecule has 4 nitrogen and oxygen atoms in total. The number of benzene rings is 2. The van der Waals surface area contributed by atoms with Gasteiger partial charge in [-0.1, -0.05) is 55.1 Å². The molecular weight excluding hydrogens is 488 g/mol. The van der Waals surface area contributed by atoms with E-state index >= 15 is 0 Å². The molecule has 5 rings (SSSR count). The molecule has 1 aliphatic carbocycles. The first-order valence-electron chi connectivity index (χ1n) is 12.5. The number of aryl methyl sites for hydroxylation is 2. The molecule has 1 saturated carbocycles. The number of nitrogens with zero attached hydrogens (tertiary/aromatic N) is 2. The molecule has 0 unspecified atom stereocenters. The Kier molecular flexibility index (Phi) is 7.31. The van der Waals surface area contributed by atoms with Crippen LogP contribution < -0.4 is 4.74 Å². The Bertz CT molecular complexity index is 1390. The summed E-state index contributed by atoms with van der Waals surface area (Å²) in [5, 5.41) is 1.50. The van der Waals surface area contributed by atoms with Crippen LogP contribution in [0, 0.1) is 13.8 Å². The van der Waals surface area contributed by atoms with Gasteiger partial charge in [0.25, 0.3) is 5.91 Å². The Morgan fingerprint density at radius 3 is 2.44 bits per heavy atom. The van der Waals surface area contributed by atoms with Crippen LogP contribution >= 0.6 is 22.9 Å². The van der Waals surface area contributed by atoms with Crippen LogP contribution in [0.15, 0.2) is 54.6 Å². The molecule has 0 atom stereocenters. The van der Waals surface area contributed by atoms with Crippen molar-refractivity contribution in [2.75, 3.05) is 7.11 Å². The number of fused-ring (bicyclic) bond motifs is 1. The SMILES string of the molecule is COc1ccc(-c2cc(C)nc(C)c2)cc1CN(C(=O)c1sc2ccccc2c1Cl)C1CCCCC1. The number of hydrogen-bond donors (Lipinski definition) is 0. The zero-order valence-electron chi connectivity index (χ0n) is 21.0. The summed E-state index contributed by atoms with van der Waals surface area (Å²) < 4.78 is 6.79. The fourth-order valence-corrected chi connectivity index (χ4v) is 6.78. The lowest BCUT2D eigenvalue weighted by Gasteiger charge is -2.34. The standard InChI is InChI=1S/C30H31ClN2O2S/c1-19-15-22(16-20(2)32-19)21-13-14-26(35-3)23(17-21)18-33(24-9-5-4-6-10-24)30(34)29-28(31)25-11-7-8-12-27(25)36-29/h7-8,11-17,24H,4-6,9-10,18H2,1-3H3. The van der Waals surface area contributed by atoms with Gasteiger partial charge in [0, 0.05) is 39.6 Å². The van der Waals surface area contributed by atoms with Gasteiger partial charge in [0.1, 0.15) is 10.6 Å². The molecule has 0 saturated heterocycles. The maximum Gasteiger partial charge on any atom is 0.266 e. The van der Waals surface area contributed by atoms with Crippen molar-refractivity contribution in [1.29, 1.82) is 0 Å². The van der Waals surface area contributed by atoms with Crippen LogP contribution in [0.25, 0.3) is 21.2 Å². The van der Waals surface area contributed by atoms with Crippen molar-refractivity contribution in [2.24, 2.45) is 0 Å². The molecule has 1 fully saturated rings. The number of pyridine rings is 1. The minimum atomic E-state index is 0.0103.